The Balaban J connectivity index is 1.60. The Morgan fingerprint density at radius 2 is 1.81 bits per heavy atom. The van der Waals surface area contributed by atoms with E-state index in [0.29, 0.717) is 25.7 Å². The number of aromatic nitrogens is 1. The fraction of sp³-hybridized carbons (Fsp3) is 0.632. The average molecular weight is 739 g/mol. The van der Waals surface area contributed by atoms with Crippen LogP contribution >= 0.6 is 0 Å². The Morgan fingerprint density at radius 1 is 1.12 bits per heavy atom. The van der Waals surface area contributed by atoms with E-state index < -0.39 is 67.9 Å². The predicted molar refractivity (Wildman–Crippen MR) is 196 cm³/mol. The van der Waals surface area contributed by atoms with Crippen LogP contribution in [0.5, 0.6) is 0 Å². The van der Waals surface area contributed by atoms with Crippen molar-refractivity contribution in [3.05, 3.63) is 37.1 Å². The molecule has 5 amide bonds. The van der Waals surface area contributed by atoms with E-state index in [9.17, 15) is 32.4 Å². The number of hydrogen-bond acceptors (Lipinski definition) is 8. The number of sulfone groups is 1. The molecule has 2 bridgehead atoms. The van der Waals surface area contributed by atoms with Gasteiger partial charge in [-0.15, -0.1) is 18.9 Å². The van der Waals surface area contributed by atoms with Gasteiger partial charge in [0.25, 0.3) is 5.91 Å². The van der Waals surface area contributed by atoms with Gasteiger partial charge < -0.3 is 26.2 Å². The summed E-state index contributed by atoms with van der Waals surface area (Å²) in [5.74, 6) is -0.682. The molecular weight excluding hydrogens is 685 g/mol. The highest BCUT2D eigenvalue weighted by molar-refractivity contribution is 7.91. The highest BCUT2D eigenvalue weighted by Crippen LogP contribution is 2.57. The molecule has 1 aromatic heterocycles. The number of carbonyl (C=O) groups is 5. The van der Waals surface area contributed by atoms with Crippen LogP contribution in [0.2, 0.25) is 0 Å². The van der Waals surface area contributed by atoms with Gasteiger partial charge in [-0.1, -0.05) is 66.0 Å². The number of urea groups is 1. The molecule has 1 aliphatic heterocycles. The summed E-state index contributed by atoms with van der Waals surface area (Å²) in [6, 6.07) is 1.67. The summed E-state index contributed by atoms with van der Waals surface area (Å²) in [4.78, 5) is 74.2. The molecule has 0 radical (unpaired) electrons. The van der Waals surface area contributed by atoms with Gasteiger partial charge in [-0.2, -0.15) is 0 Å². The monoisotopic (exact) mass is 738 g/mol. The van der Waals surface area contributed by atoms with Gasteiger partial charge in [-0.05, 0) is 61.0 Å². The molecule has 1 saturated heterocycles. The van der Waals surface area contributed by atoms with Crippen LogP contribution in [0.15, 0.2) is 42.1 Å². The number of nitrogens with one attached hydrogen (secondary N) is 4. The fourth-order valence-corrected chi connectivity index (χ4v) is 9.82. The summed E-state index contributed by atoms with van der Waals surface area (Å²) in [7, 11) is -3.85. The molecule has 0 aromatic carbocycles. The zero-order chi connectivity index (χ0) is 38.5. The Hall–Kier alpha value is -4.25. The van der Waals surface area contributed by atoms with Crippen molar-refractivity contribution in [1.29, 1.82) is 0 Å². The smallest absolute Gasteiger partial charge is 0.315 e. The van der Waals surface area contributed by atoms with Crippen LogP contribution in [0.4, 0.5) is 4.79 Å². The SMILES string of the molecule is C#CCCC(NC(=O)C12CC(CN1C(=O)[C@@H](NC(=O)NC1(CS(=O)(=O)c3ccccn3)CCCCC1)C(C)(C)C)C(C)(C)C2)C(=O)C(=O)NCC=C. The number of nitrogens with zero attached hydrogens (tertiary/aromatic N) is 2. The molecule has 2 aliphatic carbocycles. The Bertz CT molecular complexity index is 1690. The molecule has 52 heavy (non-hydrogen) atoms. The van der Waals surface area contributed by atoms with Gasteiger partial charge in [0.15, 0.2) is 14.9 Å². The first-order chi connectivity index (χ1) is 24.3. The van der Waals surface area contributed by atoms with Gasteiger partial charge in [0, 0.05) is 25.7 Å². The molecule has 3 unspecified atom stereocenters. The molecule has 4 rings (SSSR count). The van der Waals surface area contributed by atoms with E-state index in [1.165, 1.54) is 23.2 Å². The second-order valence-electron chi connectivity index (χ2n) is 16.3. The molecule has 2 saturated carbocycles. The lowest BCUT2D eigenvalue weighted by Gasteiger charge is -2.46. The van der Waals surface area contributed by atoms with Crippen molar-refractivity contribution in [1.82, 2.24) is 31.2 Å². The molecule has 284 valence electrons. The number of hydrogen-bond donors (Lipinski definition) is 4. The number of likely N-dealkylation sites (tertiary alicyclic amines) is 1. The second-order valence-corrected chi connectivity index (χ2v) is 18.3. The standard InChI is InChI=1S/C38H54N6O7S/c1-8-10-16-27(29(45)31(46)40-20-9-2)41-33(48)38-22-26(36(6,7)24-38)23-44(38)32(47)30(35(3,4)5)42-34(49)43-37(18-13-11-14-19-37)25-52(50,51)28-17-12-15-21-39-28/h1,9,12,15,17,21,26-27,30H,2,10-11,13-14,16,18-20,22-25H2,3-7H3,(H,40,46)(H,41,48)(H2,42,43,49)/t26?,27?,30-,38?/m1/s1. The van der Waals surface area contributed by atoms with E-state index in [0.717, 1.165) is 19.3 Å². The molecule has 2 heterocycles. The number of Topliss-reactive ketones (excluding diaryl/α,β-unsaturated/α-hetero) is 1. The van der Waals surface area contributed by atoms with Gasteiger partial charge in [-0.3, -0.25) is 19.2 Å². The minimum absolute atomic E-state index is 0.0313. The zero-order valence-corrected chi connectivity index (χ0v) is 31.9. The second kappa shape index (κ2) is 15.8. The summed E-state index contributed by atoms with van der Waals surface area (Å²) < 4.78 is 26.9. The van der Waals surface area contributed by atoms with Crippen molar-refractivity contribution in [2.75, 3.05) is 18.8 Å². The minimum Gasteiger partial charge on any atom is -0.346 e. The maximum atomic E-state index is 14.7. The van der Waals surface area contributed by atoms with Crippen molar-refractivity contribution >= 4 is 39.4 Å². The summed E-state index contributed by atoms with van der Waals surface area (Å²) in [5.41, 5.74) is -3.56. The summed E-state index contributed by atoms with van der Waals surface area (Å²) in [6.45, 7) is 13.3. The lowest BCUT2D eigenvalue weighted by atomic mass is 9.77. The quantitative estimate of drug-likeness (QED) is 0.128. The molecule has 1 aromatic rings. The number of piperidine rings is 1. The van der Waals surface area contributed by atoms with E-state index in [1.807, 2.05) is 13.8 Å². The number of carbonyl (C=O) groups excluding carboxylic acids is 5. The average Bonchev–Trinajstić information content (AvgIpc) is 3.60. The first-order valence-corrected chi connectivity index (χ1v) is 19.7. The molecule has 3 aliphatic rings. The molecule has 4 N–H and O–H groups in total. The first kappa shape index (κ1) is 40.5. The highest BCUT2D eigenvalue weighted by Gasteiger charge is 2.65. The largest absolute Gasteiger partial charge is 0.346 e. The first-order valence-electron chi connectivity index (χ1n) is 18.0. The molecule has 4 atom stereocenters. The van der Waals surface area contributed by atoms with Crippen molar-refractivity contribution < 1.29 is 32.4 Å². The summed E-state index contributed by atoms with van der Waals surface area (Å²) in [5, 5.41) is 11.0. The number of pyridine rings is 1. The molecule has 3 fully saturated rings. The third-order valence-electron chi connectivity index (χ3n) is 10.9. The van der Waals surface area contributed by atoms with E-state index in [2.05, 4.69) is 38.8 Å². The van der Waals surface area contributed by atoms with Gasteiger partial charge in [0.1, 0.15) is 11.6 Å². The minimum atomic E-state index is -3.85. The Kier molecular flexibility index (Phi) is 12.3. The molecule has 0 spiro atoms. The van der Waals surface area contributed by atoms with Crippen LogP contribution in [-0.2, 0) is 29.0 Å². The lowest BCUT2D eigenvalue weighted by molar-refractivity contribution is -0.152. The number of terminal acetylenes is 1. The number of rotatable bonds is 14. The normalized spacial score (nSPS) is 23.0. The van der Waals surface area contributed by atoms with Crippen molar-refractivity contribution in [3.8, 4) is 12.3 Å². The van der Waals surface area contributed by atoms with Crippen molar-refractivity contribution in [3.63, 3.8) is 0 Å². The summed E-state index contributed by atoms with van der Waals surface area (Å²) in [6.07, 6.45) is 12.4. The number of ketones is 1. The maximum Gasteiger partial charge on any atom is 0.315 e. The third-order valence-corrected chi connectivity index (χ3v) is 12.7. The molecular formula is C38H54N6O7S. The van der Waals surface area contributed by atoms with Crippen LogP contribution < -0.4 is 21.3 Å². The zero-order valence-electron chi connectivity index (χ0n) is 31.0. The fourth-order valence-electron chi connectivity index (χ4n) is 8.08. The van der Waals surface area contributed by atoms with Crippen LogP contribution in [0.25, 0.3) is 0 Å². The molecule has 13 nitrogen and oxygen atoms in total. The van der Waals surface area contributed by atoms with Crippen molar-refractivity contribution in [2.24, 2.45) is 16.7 Å². The maximum absolute atomic E-state index is 14.7. The topological polar surface area (TPSA) is 184 Å². The molecule has 14 heteroatoms. The van der Waals surface area contributed by atoms with Gasteiger partial charge in [0.2, 0.25) is 17.6 Å². The van der Waals surface area contributed by atoms with Gasteiger partial charge in [0.05, 0.1) is 17.3 Å². The van der Waals surface area contributed by atoms with Crippen LogP contribution in [0.3, 0.4) is 0 Å². The van der Waals surface area contributed by atoms with E-state index in [-0.39, 0.29) is 48.0 Å². The van der Waals surface area contributed by atoms with E-state index >= 15 is 0 Å². The van der Waals surface area contributed by atoms with E-state index in [1.54, 1.807) is 32.9 Å². The van der Waals surface area contributed by atoms with Gasteiger partial charge >= 0.3 is 6.03 Å². The number of amides is 5. The third kappa shape index (κ3) is 8.85. The van der Waals surface area contributed by atoms with Crippen molar-refractivity contribution in [2.45, 2.75) is 121 Å². The van der Waals surface area contributed by atoms with Crippen LogP contribution in [0, 0.1) is 29.1 Å². The lowest BCUT2D eigenvalue weighted by Crippen LogP contribution is -2.67. The van der Waals surface area contributed by atoms with Gasteiger partial charge in [-0.25, -0.2) is 18.2 Å². The summed E-state index contributed by atoms with van der Waals surface area (Å²) >= 11 is 0. The van der Waals surface area contributed by atoms with E-state index in [4.69, 9.17) is 6.42 Å². The number of fused-ring (bicyclic) bond motifs is 2. The predicted octanol–water partition coefficient (Wildman–Crippen LogP) is 3.06. The Morgan fingerprint density at radius 3 is 2.38 bits per heavy atom. The van der Waals surface area contributed by atoms with Crippen LogP contribution in [0.1, 0.15) is 92.4 Å². The van der Waals surface area contributed by atoms with Crippen LogP contribution in [-0.4, -0.2) is 89.8 Å². The highest BCUT2D eigenvalue weighted by atomic mass is 32.2. The Labute approximate surface area is 307 Å².